The topological polar surface area (TPSA) is 66.8 Å². The molecule has 3 rings (SSSR count). The lowest BCUT2D eigenvalue weighted by atomic mass is 10.0. The number of carbonyl (C=O) groups excluding carboxylic acids is 1. The molecule has 0 bridgehead atoms. The molecule has 1 aliphatic heterocycles. The Labute approximate surface area is 223 Å². The Morgan fingerprint density at radius 2 is 1.60 bits per heavy atom. The fourth-order valence-electron chi connectivity index (χ4n) is 3.22. The minimum Gasteiger partial charge on any atom is -0.396 e. The van der Waals surface area contributed by atoms with Crippen LogP contribution in [0.5, 0.6) is 0 Å². The van der Waals surface area contributed by atoms with Gasteiger partial charge < -0.3 is 14.7 Å². The van der Waals surface area contributed by atoms with Crippen molar-refractivity contribution < 1.29 is 18.8 Å². The number of benzene rings is 2. The lowest BCUT2D eigenvalue weighted by molar-refractivity contribution is -0.151. The number of hydrogen-bond donors (Lipinski definition) is 1. The Bertz CT molecular complexity index is 886. The first-order valence-electron chi connectivity index (χ1n) is 11.9. The molecular formula is C27H39Cl2NO4S. The van der Waals surface area contributed by atoms with Gasteiger partial charge in [0.1, 0.15) is 6.61 Å². The van der Waals surface area contributed by atoms with Crippen molar-refractivity contribution >= 4 is 39.9 Å². The summed E-state index contributed by atoms with van der Waals surface area (Å²) in [6, 6.07) is 16.7. The Morgan fingerprint density at radius 3 is 2.03 bits per heavy atom. The summed E-state index contributed by atoms with van der Waals surface area (Å²) in [5, 5.41) is 9.33. The maximum atomic E-state index is 12.6. The van der Waals surface area contributed by atoms with E-state index in [1.54, 1.807) is 0 Å². The van der Waals surface area contributed by atoms with Crippen LogP contribution in [0.3, 0.4) is 0 Å². The van der Waals surface area contributed by atoms with Gasteiger partial charge in [-0.2, -0.15) is 0 Å². The quantitative estimate of drug-likeness (QED) is 0.464. The van der Waals surface area contributed by atoms with Crippen molar-refractivity contribution in [3.8, 4) is 0 Å². The van der Waals surface area contributed by atoms with E-state index in [2.05, 4.69) is 0 Å². The van der Waals surface area contributed by atoms with Crippen LogP contribution >= 0.6 is 23.2 Å². The van der Waals surface area contributed by atoms with E-state index in [4.69, 9.17) is 33.0 Å². The van der Waals surface area contributed by atoms with Gasteiger partial charge in [0, 0.05) is 44.0 Å². The largest absolute Gasteiger partial charge is 0.396 e. The first-order valence-corrected chi connectivity index (χ1v) is 14.0. The van der Waals surface area contributed by atoms with E-state index in [1.807, 2.05) is 94.1 Å². The lowest BCUT2D eigenvalue weighted by Gasteiger charge is -2.41. The molecule has 35 heavy (non-hydrogen) atoms. The molecule has 2 aromatic rings. The summed E-state index contributed by atoms with van der Waals surface area (Å²) in [6.07, 6.45) is 1.64. The molecule has 1 saturated heterocycles. The van der Waals surface area contributed by atoms with Gasteiger partial charge in [-0.05, 0) is 63.4 Å². The molecule has 5 nitrogen and oxygen atoms in total. The van der Waals surface area contributed by atoms with Crippen LogP contribution in [-0.4, -0.2) is 56.5 Å². The second-order valence-corrected chi connectivity index (χ2v) is 12.2. The van der Waals surface area contributed by atoms with Gasteiger partial charge in [-0.15, -0.1) is 0 Å². The third-order valence-corrected chi connectivity index (χ3v) is 7.79. The van der Waals surface area contributed by atoms with Crippen molar-refractivity contribution in [2.45, 2.75) is 64.3 Å². The van der Waals surface area contributed by atoms with Crippen LogP contribution in [0.25, 0.3) is 0 Å². The molecule has 0 radical (unpaired) electrons. The smallest absolute Gasteiger partial charge is 0.249 e. The van der Waals surface area contributed by atoms with Gasteiger partial charge in [-0.3, -0.25) is 9.00 Å². The number of aliphatic hydroxyl groups is 1. The van der Waals surface area contributed by atoms with Gasteiger partial charge in [-0.1, -0.05) is 67.4 Å². The number of nitrogens with zero attached hydrogens (tertiary/aromatic N) is 1. The zero-order chi connectivity index (χ0) is 26.4. The minimum absolute atomic E-state index is 0.0426. The first-order chi connectivity index (χ1) is 16.5. The molecule has 196 valence electrons. The minimum atomic E-state index is -1.01. The molecule has 1 N–H and O–H groups in total. The highest BCUT2D eigenvalue weighted by Gasteiger charge is 2.36. The number of morpholine rings is 1. The van der Waals surface area contributed by atoms with Crippen LogP contribution in [0.1, 0.15) is 59.1 Å². The van der Waals surface area contributed by atoms with Crippen LogP contribution < -0.4 is 0 Å². The van der Waals surface area contributed by atoms with Crippen LogP contribution in [0.15, 0.2) is 54.6 Å². The number of hydrogen-bond acceptors (Lipinski definition) is 4. The number of carbonyl (C=O) groups is 1. The normalized spacial score (nSPS) is 17.4. The molecule has 0 saturated carbocycles. The third kappa shape index (κ3) is 11.4. The lowest BCUT2D eigenvalue weighted by Crippen LogP contribution is -2.52. The van der Waals surface area contributed by atoms with Crippen LogP contribution in [0, 0.1) is 0 Å². The standard InChI is InChI=1S/C18H26ClNO3S.C6H5Cl.C3H8O/c1-5-15(12-24(22)18(2,3)4)20-16(10-23-11-17(20)21)13-6-8-14(19)9-7-13;7-6-4-2-1-3-5-6;1-2-3-4/h6-9,15-16H,5,10-12H2,1-4H3;1-5H;4H,2-3H2,1H3. The molecule has 0 spiro atoms. The number of amides is 1. The highest BCUT2D eigenvalue weighted by Crippen LogP contribution is 2.30. The fraction of sp³-hybridized carbons (Fsp3) is 0.519. The second kappa shape index (κ2) is 16.3. The van der Waals surface area contributed by atoms with Crippen molar-refractivity contribution in [1.29, 1.82) is 0 Å². The highest BCUT2D eigenvalue weighted by molar-refractivity contribution is 7.86. The van der Waals surface area contributed by atoms with Crippen molar-refractivity contribution in [3.05, 3.63) is 70.2 Å². The summed E-state index contributed by atoms with van der Waals surface area (Å²) < 4.78 is 17.8. The van der Waals surface area contributed by atoms with Crippen molar-refractivity contribution in [3.63, 3.8) is 0 Å². The molecule has 1 fully saturated rings. The molecule has 3 unspecified atom stereocenters. The van der Waals surface area contributed by atoms with Crippen LogP contribution in [0.4, 0.5) is 0 Å². The average Bonchev–Trinajstić information content (AvgIpc) is 2.83. The molecule has 1 amide bonds. The molecule has 8 heteroatoms. The Balaban J connectivity index is 0.000000458. The van der Waals surface area contributed by atoms with E-state index in [0.717, 1.165) is 23.4 Å². The van der Waals surface area contributed by atoms with Crippen molar-refractivity contribution in [1.82, 2.24) is 4.90 Å². The number of ether oxygens (including phenoxy) is 1. The van der Waals surface area contributed by atoms with Gasteiger partial charge in [0.15, 0.2) is 0 Å². The van der Waals surface area contributed by atoms with E-state index in [1.165, 1.54) is 0 Å². The van der Waals surface area contributed by atoms with E-state index in [9.17, 15) is 9.00 Å². The maximum absolute atomic E-state index is 12.6. The predicted molar refractivity (Wildman–Crippen MR) is 148 cm³/mol. The van der Waals surface area contributed by atoms with Gasteiger partial charge in [0.25, 0.3) is 0 Å². The monoisotopic (exact) mass is 543 g/mol. The summed E-state index contributed by atoms with van der Waals surface area (Å²) >= 11 is 11.5. The SMILES string of the molecule is CCC(CS(=O)C(C)(C)C)N1C(=O)COCC1c1ccc(Cl)cc1.CCCO.Clc1ccccc1. The summed E-state index contributed by atoms with van der Waals surface area (Å²) in [5.41, 5.74) is 0.993. The zero-order valence-electron chi connectivity index (χ0n) is 21.4. The molecule has 1 aliphatic rings. The van der Waals surface area contributed by atoms with Crippen molar-refractivity contribution in [2.75, 3.05) is 25.6 Å². The van der Waals surface area contributed by atoms with E-state index >= 15 is 0 Å². The van der Waals surface area contributed by atoms with Crippen LogP contribution in [0.2, 0.25) is 10.0 Å². The van der Waals surface area contributed by atoms with E-state index in [-0.39, 0.29) is 29.3 Å². The average molecular weight is 545 g/mol. The Morgan fingerprint density at radius 1 is 1.06 bits per heavy atom. The van der Waals surface area contributed by atoms with Crippen LogP contribution in [-0.2, 0) is 20.3 Å². The Hall–Kier alpha value is -1.44. The number of halogens is 2. The van der Waals surface area contributed by atoms with Crippen molar-refractivity contribution in [2.24, 2.45) is 0 Å². The highest BCUT2D eigenvalue weighted by atomic mass is 35.5. The number of rotatable bonds is 6. The van der Waals surface area contributed by atoms with Gasteiger partial charge in [0.2, 0.25) is 5.91 Å². The molecule has 0 aliphatic carbocycles. The van der Waals surface area contributed by atoms with Gasteiger partial charge in [-0.25, -0.2) is 0 Å². The number of aliphatic hydroxyl groups excluding tert-OH is 1. The molecule has 1 heterocycles. The van der Waals surface area contributed by atoms with E-state index < -0.39 is 10.8 Å². The summed E-state index contributed by atoms with van der Waals surface area (Å²) in [5.74, 6) is 0.439. The van der Waals surface area contributed by atoms with Gasteiger partial charge >= 0.3 is 0 Å². The zero-order valence-corrected chi connectivity index (χ0v) is 23.7. The summed E-state index contributed by atoms with van der Waals surface area (Å²) in [4.78, 5) is 14.4. The molecule has 2 aromatic carbocycles. The summed E-state index contributed by atoms with van der Waals surface area (Å²) in [7, 11) is -1.01. The predicted octanol–water partition coefficient (Wildman–Crippen LogP) is 6.29. The Kier molecular flexibility index (Phi) is 14.7. The van der Waals surface area contributed by atoms with E-state index in [0.29, 0.717) is 24.0 Å². The fourth-order valence-corrected chi connectivity index (χ4v) is 4.74. The maximum Gasteiger partial charge on any atom is 0.249 e. The molecular weight excluding hydrogens is 505 g/mol. The first kappa shape index (κ1) is 31.6. The second-order valence-electron chi connectivity index (χ2n) is 9.09. The van der Waals surface area contributed by atoms with Gasteiger partial charge in [0.05, 0.1) is 12.6 Å². The molecule has 3 atom stereocenters. The third-order valence-electron chi connectivity index (χ3n) is 5.23. The molecule has 0 aromatic heterocycles. The summed E-state index contributed by atoms with van der Waals surface area (Å²) in [6.45, 7) is 10.7.